The van der Waals surface area contributed by atoms with Gasteiger partial charge in [-0.15, -0.1) is 0 Å². The van der Waals surface area contributed by atoms with Crippen LogP contribution in [-0.4, -0.2) is 15.8 Å². The van der Waals surface area contributed by atoms with E-state index in [0.29, 0.717) is 0 Å². The van der Waals surface area contributed by atoms with E-state index in [-0.39, 0.29) is 17.5 Å². The minimum atomic E-state index is -0.0149. The van der Waals surface area contributed by atoms with Crippen molar-refractivity contribution in [2.75, 3.05) is 9.80 Å². The zero-order valence-electron chi connectivity index (χ0n) is 43.0. The summed E-state index contributed by atoms with van der Waals surface area (Å²) in [5.74, 6) is 0. The van der Waals surface area contributed by atoms with E-state index in [1.165, 1.54) is 133 Å². The number of hydrogen-bond acceptors (Lipinski definition) is 2. The highest BCUT2D eigenvalue weighted by atomic mass is 15.2. The molecule has 12 aromatic rings. The monoisotopic (exact) mass is 950 g/mol. The van der Waals surface area contributed by atoms with E-state index in [9.17, 15) is 0 Å². The summed E-state index contributed by atoms with van der Waals surface area (Å²) in [6, 6.07) is 78.3. The molecule has 0 aliphatic carbocycles. The number of aromatic nitrogens is 2. The smallest absolute Gasteiger partial charge is 0.252 e. The molecule has 0 amide bonds. The highest BCUT2D eigenvalue weighted by molar-refractivity contribution is 7.00. The molecule has 0 saturated heterocycles. The van der Waals surface area contributed by atoms with E-state index in [1.807, 2.05) is 0 Å². The van der Waals surface area contributed by atoms with Crippen molar-refractivity contribution >= 4 is 101 Å². The van der Waals surface area contributed by atoms with Gasteiger partial charge >= 0.3 is 0 Å². The Balaban J connectivity index is 0.978. The van der Waals surface area contributed by atoms with Crippen molar-refractivity contribution in [3.63, 3.8) is 0 Å². The predicted molar refractivity (Wildman–Crippen MR) is 316 cm³/mol. The fourth-order valence-electron chi connectivity index (χ4n) is 13.0. The summed E-state index contributed by atoms with van der Waals surface area (Å²) >= 11 is 0. The number of nitrogens with zero attached hydrogens (tertiary/aromatic N) is 4. The molecule has 5 heterocycles. The third-order valence-corrected chi connectivity index (χ3v) is 16.6. The lowest BCUT2D eigenvalue weighted by Crippen LogP contribution is -2.61. The van der Waals surface area contributed by atoms with Crippen molar-refractivity contribution in [3.05, 3.63) is 223 Å². The zero-order chi connectivity index (χ0) is 49.9. The molecule has 354 valence electrons. The fraction of sp³-hybridized carbons (Fsp3) is 0.130. The summed E-state index contributed by atoms with van der Waals surface area (Å²) in [4.78, 5) is 5.17. The first kappa shape index (κ1) is 43.1. The van der Waals surface area contributed by atoms with Crippen molar-refractivity contribution < 1.29 is 0 Å². The van der Waals surface area contributed by atoms with Gasteiger partial charge in [0.25, 0.3) is 6.71 Å². The highest BCUT2D eigenvalue weighted by Gasteiger charge is 2.46. The standard InChI is InChI=1S/C69H55BN4/c1-42-37-63-65-64(38-42)74-60-21-13-18-52-51-17-11-12-20-57(51)73(66(52)60)61-22-14-19-56(67(61)74)70(65)55-34-33-50(72-58-35-29-47(68(2,3)4)39-53(58)54-40-48(69(5,6)7)30-36-59(54)72)41-62(55)71(63)49-31-27-46(28-32-49)45-25-23-44(24-26-45)43-15-9-8-10-16-43/h8-41H,1-7H3. The van der Waals surface area contributed by atoms with Crippen molar-refractivity contribution in [3.8, 4) is 33.6 Å². The number of hydrogen-bond donors (Lipinski definition) is 0. The maximum absolute atomic E-state index is 2.60. The molecule has 0 atom stereocenters. The molecule has 0 spiro atoms. The summed E-state index contributed by atoms with van der Waals surface area (Å²) in [5, 5.41) is 5.14. The van der Waals surface area contributed by atoms with Gasteiger partial charge in [-0.25, -0.2) is 0 Å². The lowest BCUT2D eigenvalue weighted by atomic mass is 9.33. The molecular formula is C69H55BN4. The quantitative estimate of drug-likeness (QED) is 0.163. The van der Waals surface area contributed by atoms with Gasteiger partial charge < -0.3 is 18.9 Å². The Labute approximate surface area is 433 Å². The molecule has 5 heteroatoms. The highest BCUT2D eigenvalue weighted by Crippen LogP contribution is 2.53. The van der Waals surface area contributed by atoms with Crippen LogP contribution in [0.3, 0.4) is 0 Å². The van der Waals surface area contributed by atoms with Crippen molar-refractivity contribution in [2.24, 2.45) is 0 Å². The molecule has 0 N–H and O–H groups in total. The van der Waals surface area contributed by atoms with Crippen LogP contribution < -0.4 is 26.2 Å². The fourth-order valence-corrected chi connectivity index (χ4v) is 13.0. The van der Waals surface area contributed by atoms with Crippen molar-refractivity contribution in [2.45, 2.75) is 59.3 Å². The Kier molecular flexibility index (Phi) is 8.88. The molecule has 0 fully saturated rings. The van der Waals surface area contributed by atoms with Crippen LogP contribution in [0.15, 0.2) is 206 Å². The van der Waals surface area contributed by atoms with Crippen LogP contribution >= 0.6 is 0 Å². The van der Waals surface area contributed by atoms with Gasteiger partial charge in [0, 0.05) is 50.0 Å². The number of benzene rings is 10. The zero-order valence-corrected chi connectivity index (χ0v) is 43.0. The molecule has 4 nitrogen and oxygen atoms in total. The van der Waals surface area contributed by atoms with Crippen LogP contribution in [0, 0.1) is 6.92 Å². The molecule has 3 aliphatic heterocycles. The maximum atomic E-state index is 2.60. The van der Waals surface area contributed by atoms with E-state index in [1.54, 1.807) is 0 Å². The topological polar surface area (TPSA) is 16.3 Å². The summed E-state index contributed by atoms with van der Waals surface area (Å²) < 4.78 is 5.05. The van der Waals surface area contributed by atoms with E-state index in [0.717, 1.165) is 11.4 Å². The number of fused-ring (bicyclic) bond motifs is 12. The average Bonchev–Trinajstić information content (AvgIpc) is 4.09. The molecule has 10 aromatic carbocycles. The van der Waals surface area contributed by atoms with Gasteiger partial charge in [0.15, 0.2) is 0 Å². The third-order valence-electron chi connectivity index (χ3n) is 16.6. The maximum Gasteiger partial charge on any atom is 0.252 e. The van der Waals surface area contributed by atoms with E-state index in [2.05, 4.69) is 274 Å². The van der Waals surface area contributed by atoms with Crippen LogP contribution in [-0.2, 0) is 10.8 Å². The number of anilines is 6. The Morgan fingerprint density at radius 2 is 0.892 bits per heavy atom. The number of rotatable bonds is 4. The van der Waals surface area contributed by atoms with E-state index >= 15 is 0 Å². The number of aryl methyl sites for hydroxylation is 1. The Hall–Kier alpha value is -8.54. The minimum absolute atomic E-state index is 0.0108. The Morgan fingerprint density at radius 1 is 0.351 bits per heavy atom. The summed E-state index contributed by atoms with van der Waals surface area (Å²) in [6.45, 7) is 16.2. The summed E-state index contributed by atoms with van der Waals surface area (Å²) in [6.07, 6.45) is 0. The Morgan fingerprint density at radius 3 is 1.55 bits per heavy atom. The minimum Gasteiger partial charge on any atom is -0.311 e. The van der Waals surface area contributed by atoms with Crippen molar-refractivity contribution in [1.29, 1.82) is 0 Å². The molecule has 0 unspecified atom stereocenters. The molecule has 74 heavy (non-hydrogen) atoms. The van der Waals surface area contributed by atoms with Gasteiger partial charge in [0.1, 0.15) is 0 Å². The second-order valence-corrected chi connectivity index (χ2v) is 23.1. The summed E-state index contributed by atoms with van der Waals surface area (Å²) in [7, 11) is 0. The SMILES string of the molecule is Cc1cc2c3c(c1)N1c4c(cccc4-n4c5ccccc5c5cccc1c54)B3c1ccc(-n3c4ccc(C(C)(C)C)cc4c4cc(C(C)(C)C)ccc43)cc1N2c1ccc(-c2ccc(-c3ccccc3)cc2)cc1. The van der Waals surface area contributed by atoms with Gasteiger partial charge in [-0.1, -0.05) is 169 Å². The third kappa shape index (κ3) is 6.10. The van der Waals surface area contributed by atoms with Gasteiger partial charge in [-0.2, -0.15) is 0 Å². The first-order chi connectivity index (χ1) is 35.9. The van der Waals surface area contributed by atoms with Crippen LogP contribution in [0.5, 0.6) is 0 Å². The van der Waals surface area contributed by atoms with Crippen LogP contribution in [0.4, 0.5) is 34.1 Å². The van der Waals surface area contributed by atoms with Gasteiger partial charge in [0.05, 0.1) is 39.1 Å². The first-order valence-corrected chi connectivity index (χ1v) is 26.3. The normalized spacial score (nSPS) is 13.5. The summed E-state index contributed by atoms with van der Waals surface area (Å²) in [5.41, 5.74) is 27.3. The van der Waals surface area contributed by atoms with Gasteiger partial charge in [-0.3, -0.25) is 0 Å². The average molecular weight is 951 g/mol. The Bertz CT molecular complexity index is 4260. The van der Waals surface area contributed by atoms with Crippen LogP contribution in [0.2, 0.25) is 0 Å². The second-order valence-electron chi connectivity index (χ2n) is 23.1. The second kappa shape index (κ2) is 15.3. The number of para-hydroxylation sites is 3. The largest absolute Gasteiger partial charge is 0.311 e. The first-order valence-electron chi connectivity index (χ1n) is 26.3. The van der Waals surface area contributed by atoms with Gasteiger partial charge in [-0.05, 0) is 152 Å². The van der Waals surface area contributed by atoms with Gasteiger partial charge in [0.2, 0.25) is 0 Å². The molecule has 2 aromatic heterocycles. The lowest BCUT2D eigenvalue weighted by molar-refractivity contribution is 0.590. The molecule has 0 saturated carbocycles. The lowest BCUT2D eigenvalue weighted by Gasteiger charge is -2.46. The molecule has 15 rings (SSSR count). The van der Waals surface area contributed by atoms with Crippen LogP contribution in [0.1, 0.15) is 58.2 Å². The van der Waals surface area contributed by atoms with E-state index in [4.69, 9.17) is 0 Å². The predicted octanol–water partition coefficient (Wildman–Crippen LogP) is 16.5. The molecule has 0 bridgehead atoms. The van der Waals surface area contributed by atoms with Crippen molar-refractivity contribution in [1.82, 2.24) is 9.13 Å². The van der Waals surface area contributed by atoms with Crippen LogP contribution in [0.25, 0.3) is 77.2 Å². The molecule has 3 aliphatic rings. The molecule has 0 radical (unpaired) electrons. The van der Waals surface area contributed by atoms with E-state index < -0.39 is 0 Å². The molecular weight excluding hydrogens is 896 g/mol.